The first-order valence-electron chi connectivity index (χ1n) is 5.86. The lowest BCUT2D eigenvalue weighted by molar-refractivity contribution is 0.0718. The van der Waals surface area contributed by atoms with Crippen LogP contribution in [0, 0.1) is 0 Å². The molecular formula is C11H18N4O2. The average Bonchev–Trinajstić information content (AvgIpc) is 2.63. The number of nitrogens with one attached hydrogen (secondary N) is 1. The minimum Gasteiger partial charge on any atom is -0.391 e. The molecule has 2 rings (SSSR count). The lowest BCUT2D eigenvalue weighted by Gasteiger charge is -2.28. The Balaban J connectivity index is 2.03. The zero-order valence-corrected chi connectivity index (χ0v) is 9.89. The summed E-state index contributed by atoms with van der Waals surface area (Å²) in [6, 6.07) is -0.171. The third kappa shape index (κ3) is 2.41. The number of rotatable bonds is 2. The predicted octanol–water partition coefficient (Wildman–Crippen LogP) is 0.0356. The number of anilines is 1. The van der Waals surface area contributed by atoms with Gasteiger partial charge in [-0.15, -0.1) is 0 Å². The van der Waals surface area contributed by atoms with Gasteiger partial charge in [0.25, 0.3) is 5.91 Å². The molecule has 6 nitrogen and oxygen atoms in total. The van der Waals surface area contributed by atoms with Gasteiger partial charge >= 0.3 is 0 Å². The van der Waals surface area contributed by atoms with E-state index >= 15 is 0 Å². The van der Waals surface area contributed by atoms with E-state index in [0.717, 1.165) is 25.7 Å². The highest BCUT2D eigenvalue weighted by atomic mass is 16.3. The molecule has 0 bridgehead atoms. The van der Waals surface area contributed by atoms with Crippen molar-refractivity contribution in [3.05, 3.63) is 11.8 Å². The number of nitrogens with zero attached hydrogens (tertiary/aromatic N) is 2. The highest BCUT2D eigenvalue weighted by Crippen LogP contribution is 2.19. The first kappa shape index (κ1) is 11.9. The minimum absolute atomic E-state index is 0.171. The van der Waals surface area contributed by atoms with Gasteiger partial charge in [0.2, 0.25) is 0 Å². The topological polar surface area (TPSA) is 93.2 Å². The van der Waals surface area contributed by atoms with E-state index in [0.29, 0.717) is 11.4 Å². The van der Waals surface area contributed by atoms with Gasteiger partial charge in [-0.1, -0.05) is 12.8 Å². The molecular weight excluding hydrogens is 220 g/mol. The van der Waals surface area contributed by atoms with Crippen LogP contribution in [0.5, 0.6) is 0 Å². The Hall–Kier alpha value is -1.56. The van der Waals surface area contributed by atoms with Crippen LogP contribution >= 0.6 is 0 Å². The molecule has 6 heteroatoms. The van der Waals surface area contributed by atoms with Crippen LogP contribution in [0.4, 0.5) is 5.82 Å². The normalized spacial score (nSPS) is 24.6. The molecule has 94 valence electrons. The summed E-state index contributed by atoms with van der Waals surface area (Å²) >= 11 is 0. The number of carbonyl (C=O) groups excluding carboxylic acids is 1. The van der Waals surface area contributed by atoms with E-state index in [1.54, 1.807) is 7.05 Å². The molecule has 17 heavy (non-hydrogen) atoms. The Kier molecular flexibility index (Phi) is 3.33. The van der Waals surface area contributed by atoms with Crippen molar-refractivity contribution >= 4 is 11.7 Å². The second kappa shape index (κ2) is 4.75. The zero-order valence-electron chi connectivity index (χ0n) is 9.89. The lowest BCUT2D eigenvalue weighted by atomic mass is 9.92. The SMILES string of the molecule is Cn1ncc(C(=O)NC2CCCCC2O)c1N. The predicted molar refractivity (Wildman–Crippen MR) is 63.3 cm³/mol. The maximum absolute atomic E-state index is 11.9. The number of carbonyl (C=O) groups is 1. The van der Waals surface area contributed by atoms with E-state index in [1.165, 1.54) is 10.9 Å². The summed E-state index contributed by atoms with van der Waals surface area (Å²) in [6.07, 6.45) is 4.60. The Morgan fingerprint density at radius 2 is 2.29 bits per heavy atom. The van der Waals surface area contributed by atoms with Gasteiger partial charge in [-0.25, -0.2) is 0 Å². The average molecular weight is 238 g/mol. The van der Waals surface area contributed by atoms with Crippen LogP contribution in [0.1, 0.15) is 36.0 Å². The van der Waals surface area contributed by atoms with Gasteiger partial charge in [-0.3, -0.25) is 9.48 Å². The van der Waals surface area contributed by atoms with Crippen molar-refractivity contribution < 1.29 is 9.90 Å². The second-order valence-corrected chi connectivity index (χ2v) is 4.50. The molecule has 0 aliphatic heterocycles. The summed E-state index contributed by atoms with van der Waals surface area (Å²) < 4.78 is 1.45. The molecule has 0 aromatic carbocycles. The number of hydrogen-bond acceptors (Lipinski definition) is 4. The Bertz CT molecular complexity index is 416. The number of nitrogen functional groups attached to an aromatic ring is 1. The van der Waals surface area contributed by atoms with Crippen molar-refractivity contribution in [1.29, 1.82) is 0 Å². The summed E-state index contributed by atoms with van der Waals surface area (Å²) in [5.74, 6) is 0.0781. The Morgan fingerprint density at radius 1 is 1.59 bits per heavy atom. The minimum atomic E-state index is -0.453. The molecule has 4 N–H and O–H groups in total. The van der Waals surface area contributed by atoms with Crippen molar-refractivity contribution in [3.63, 3.8) is 0 Å². The number of aromatic nitrogens is 2. The number of aliphatic hydroxyl groups is 1. The molecule has 1 amide bonds. The molecule has 1 fully saturated rings. The lowest BCUT2D eigenvalue weighted by Crippen LogP contribution is -2.45. The molecule has 2 unspecified atom stereocenters. The first-order chi connectivity index (χ1) is 8.09. The van der Waals surface area contributed by atoms with E-state index in [1.807, 2.05) is 0 Å². The highest BCUT2D eigenvalue weighted by molar-refractivity contribution is 5.98. The number of amides is 1. The van der Waals surface area contributed by atoms with Crippen LogP contribution in [0.2, 0.25) is 0 Å². The summed E-state index contributed by atoms with van der Waals surface area (Å²) in [7, 11) is 1.68. The summed E-state index contributed by atoms with van der Waals surface area (Å²) in [6.45, 7) is 0. The number of nitrogens with two attached hydrogens (primary N) is 1. The van der Waals surface area contributed by atoms with Gasteiger partial charge in [-0.2, -0.15) is 5.10 Å². The van der Waals surface area contributed by atoms with Crippen LogP contribution < -0.4 is 11.1 Å². The van der Waals surface area contributed by atoms with Gasteiger partial charge in [-0.05, 0) is 12.8 Å². The fraction of sp³-hybridized carbons (Fsp3) is 0.636. The largest absolute Gasteiger partial charge is 0.391 e. The molecule has 1 aliphatic rings. The molecule has 0 saturated heterocycles. The van der Waals surface area contributed by atoms with Crippen molar-refractivity contribution in [3.8, 4) is 0 Å². The van der Waals surface area contributed by atoms with Crippen molar-refractivity contribution in [2.75, 3.05) is 5.73 Å². The third-order valence-electron chi connectivity index (χ3n) is 3.28. The Labute approximate surface area is 99.8 Å². The molecule has 1 aromatic heterocycles. The fourth-order valence-electron chi connectivity index (χ4n) is 2.15. The van der Waals surface area contributed by atoms with Gasteiger partial charge in [0.15, 0.2) is 0 Å². The Morgan fingerprint density at radius 3 is 2.88 bits per heavy atom. The smallest absolute Gasteiger partial charge is 0.256 e. The molecule has 2 atom stereocenters. The van der Waals surface area contributed by atoms with Gasteiger partial charge < -0.3 is 16.2 Å². The molecule has 1 saturated carbocycles. The van der Waals surface area contributed by atoms with E-state index in [-0.39, 0.29) is 11.9 Å². The quantitative estimate of drug-likeness (QED) is 0.678. The van der Waals surface area contributed by atoms with Crippen molar-refractivity contribution in [2.45, 2.75) is 37.8 Å². The number of aryl methyl sites for hydroxylation is 1. The summed E-state index contributed by atoms with van der Waals surface area (Å²) in [5.41, 5.74) is 6.09. The van der Waals surface area contributed by atoms with Gasteiger partial charge in [0.1, 0.15) is 11.4 Å². The van der Waals surface area contributed by atoms with Crippen molar-refractivity contribution in [1.82, 2.24) is 15.1 Å². The van der Waals surface area contributed by atoms with Crippen LogP contribution in [0.15, 0.2) is 6.20 Å². The van der Waals surface area contributed by atoms with Gasteiger partial charge in [0, 0.05) is 7.05 Å². The molecule has 1 aliphatic carbocycles. The monoisotopic (exact) mass is 238 g/mol. The number of hydrogen-bond donors (Lipinski definition) is 3. The van der Waals surface area contributed by atoms with E-state index in [2.05, 4.69) is 10.4 Å². The molecule has 1 aromatic rings. The van der Waals surface area contributed by atoms with Crippen LogP contribution in [-0.4, -0.2) is 32.9 Å². The maximum Gasteiger partial charge on any atom is 0.256 e. The van der Waals surface area contributed by atoms with E-state index in [4.69, 9.17) is 5.73 Å². The second-order valence-electron chi connectivity index (χ2n) is 4.50. The van der Waals surface area contributed by atoms with Crippen LogP contribution in [-0.2, 0) is 7.05 Å². The number of aliphatic hydroxyl groups excluding tert-OH is 1. The maximum atomic E-state index is 11.9. The fourth-order valence-corrected chi connectivity index (χ4v) is 2.15. The van der Waals surface area contributed by atoms with Crippen molar-refractivity contribution in [2.24, 2.45) is 7.05 Å². The van der Waals surface area contributed by atoms with E-state index < -0.39 is 6.10 Å². The third-order valence-corrected chi connectivity index (χ3v) is 3.28. The van der Waals surface area contributed by atoms with Crippen LogP contribution in [0.3, 0.4) is 0 Å². The zero-order chi connectivity index (χ0) is 12.4. The standard InChI is InChI=1S/C11H18N4O2/c1-15-10(12)7(6-13-15)11(17)14-8-4-2-3-5-9(8)16/h6,8-9,16H,2-5,12H2,1H3,(H,14,17). The highest BCUT2D eigenvalue weighted by Gasteiger charge is 2.26. The molecule has 0 spiro atoms. The van der Waals surface area contributed by atoms with Crippen LogP contribution in [0.25, 0.3) is 0 Å². The molecule has 1 heterocycles. The van der Waals surface area contributed by atoms with Gasteiger partial charge in [0.05, 0.1) is 18.3 Å². The summed E-state index contributed by atoms with van der Waals surface area (Å²) in [5, 5.41) is 16.5. The summed E-state index contributed by atoms with van der Waals surface area (Å²) in [4.78, 5) is 11.9. The van der Waals surface area contributed by atoms with E-state index in [9.17, 15) is 9.90 Å². The molecule has 0 radical (unpaired) electrons. The first-order valence-corrected chi connectivity index (χ1v) is 5.86.